The Hall–Kier alpha value is -2.37. The Morgan fingerprint density at radius 1 is 1.36 bits per heavy atom. The van der Waals surface area contributed by atoms with Gasteiger partial charge in [-0.1, -0.05) is 29.8 Å². The lowest BCUT2D eigenvalue weighted by atomic mass is 10.1. The van der Waals surface area contributed by atoms with E-state index < -0.39 is 0 Å². The maximum absolute atomic E-state index is 13.0. The van der Waals surface area contributed by atoms with Crippen molar-refractivity contribution in [2.75, 3.05) is 26.7 Å². The van der Waals surface area contributed by atoms with Gasteiger partial charge < -0.3 is 14.2 Å². The molecule has 0 radical (unpaired) electrons. The molecule has 1 atom stereocenters. The van der Waals surface area contributed by atoms with E-state index in [1.165, 1.54) is 5.56 Å². The molecular formula is C22H24ClN3O2. The molecule has 5 nitrogen and oxygen atoms in total. The summed E-state index contributed by atoms with van der Waals surface area (Å²) in [5.41, 5.74) is 2.65. The number of amides is 1. The first-order valence-corrected chi connectivity index (χ1v) is 9.95. The van der Waals surface area contributed by atoms with Crippen LogP contribution in [-0.4, -0.2) is 47.4 Å². The van der Waals surface area contributed by atoms with Crippen molar-refractivity contribution >= 4 is 28.5 Å². The maximum atomic E-state index is 13.0. The molecule has 28 heavy (non-hydrogen) atoms. The lowest BCUT2D eigenvalue weighted by Gasteiger charge is -2.21. The summed E-state index contributed by atoms with van der Waals surface area (Å²) in [6.45, 7) is 5.24. The zero-order chi connectivity index (χ0) is 19.7. The van der Waals surface area contributed by atoms with Crippen molar-refractivity contribution in [1.29, 1.82) is 0 Å². The number of carbonyl (C=O) groups is 1. The minimum atomic E-state index is -0.0396. The van der Waals surface area contributed by atoms with Crippen LogP contribution < -0.4 is 0 Å². The van der Waals surface area contributed by atoms with E-state index in [0.29, 0.717) is 22.3 Å². The number of benzene rings is 1. The highest BCUT2D eigenvalue weighted by molar-refractivity contribution is 6.35. The van der Waals surface area contributed by atoms with Crippen LogP contribution in [0.3, 0.4) is 0 Å². The highest BCUT2D eigenvalue weighted by Crippen LogP contribution is 2.32. The number of hydrogen-bond acceptors (Lipinski definition) is 4. The number of carbonyl (C=O) groups excluding carboxylic acids is 1. The molecule has 1 fully saturated rings. The third-order valence-corrected chi connectivity index (χ3v) is 5.73. The van der Waals surface area contributed by atoms with Crippen molar-refractivity contribution in [2.45, 2.75) is 19.9 Å². The molecule has 1 aliphatic rings. The van der Waals surface area contributed by atoms with Crippen LogP contribution in [-0.2, 0) is 6.54 Å². The van der Waals surface area contributed by atoms with Crippen molar-refractivity contribution < 1.29 is 9.21 Å². The molecule has 0 saturated carbocycles. The van der Waals surface area contributed by atoms with Gasteiger partial charge in [-0.2, -0.15) is 0 Å². The standard InChI is InChI=1S/C22H24ClN3O2/c1-15-18-6-3-7-19(23)21(18)28-20(15)22(27)26-10-8-17(14-26)13-25(2)12-16-5-4-9-24-11-16/h3-7,9,11,17H,8,10,12-14H2,1-2H3. The second-order valence-electron chi connectivity index (χ2n) is 7.64. The van der Waals surface area contributed by atoms with Gasteiger partial charge in [0.15, 0.2) is 11.3 Å². The van der Waals surface area contributed by atoms with E-state index >= 15 is 0 Å². The fraction of sp³-hybridized carbons (Fsp3) is 0.364. The molecule has 1 saturated heterocycles. The van der Waals surface area contributed by atoms with Crippen LogP contribution in [0.4, 0.5) is 0 Å². The Balaban J connectivity index is 1.41. The second kappa shape index (κ2) is 7.94. The van der Waals surface area contributed by atoms with E-state index in [0.717, 1.165) is 43.5 Å². The van der Waals surface area contributed by atoms with Crippen LogP contribution in [0.5, 0.6) is 0 Å². The highest BCUT2D eigenvalue weighted by atomic mass is 35.5. The van der Waals surface area contributed by atoms with E-state index in [2.05, 4.69) is 23.0 Å². The van der Waals surface area contributed by atoms with Crippen LogP contribution in [0.2, 0.25) is 5.02 Å². The molecule has 0 spiro atoms. The summed E-state index contributed by atoms with van der Waals surface area (Å²) in [6.07, 6.45) is 4.69. The van der Waals surface area contributed by atoms with Gasteiger partial charge in [-0.25, -0.2) is 0 Å². The number of hydrogen-bond donors (Lipinski definition) is 0. The Morgan fingerprint density at radius 3 is 2.96 bits per heavy atom. The van der Waals surface area contributed by atoms with Gasteiger partial charge in [-0.05, 0) is 44.0 Å². The van der Waals surface area contributed by atoms with Crippen molar-refractivity contribution in [2.24, 2.45) is 5.92 Å². The van der Waals surface area contributed by atoms with Crippen LogP contribution in [0.1, 0.15) is 28.1 Å². The number of pyridine rings is 1. The fourth-order valence-electron chi connectivity index (χ4n) is 4.03. The zero-order valence-electron chi connectivity index (χ0n) is 16.2. The van der Waals surface area contributed by atoms with Gasteiger partial charge >= 0.3 is 0 Å². The number of nitrogens with zero attached hydrogens (tertiary/aromatic N) is 3. The Kier molecular flexibility index (Phi) is 5.38. The average molecular weight is 398 g/mol. The van der Waals surface area contributed by atoms with E-state index in [1.54, 1.807) is 12.3 Å². The molecule has 3 aromatic rings. The van der Waals surface area contributed by atoms with Gasteiger partial charge in [-0.15, -0.1) is 0 Å². The second-order valence-corrected chi connectivity index (χ2v) is 8.04. The molecule has 6 heteroatoms. The van der Waals surface area contributed by atoms with Crippen molar-refractivity contribution in [3.63, 3.8) is 0 Å². The first-order valence-electron chi connectivity index (χ1n) is 9.57. The predicted molar refractivity (Wildman–Crippen MR) is 111 cm³/mol. The highest BCUT2D eigenvalue weighted by Gasteiger charge is 2.31. The number of halogens is 1. The van der Waals surface area contributed by atoms with Crippen LogP contribution >= 0.6 is 11.6 Å². The minimum absolute atomic E-state index is 0.0396. The molecule has 4 rings (SSSR count). The van der Waals surface area contributed by atoms with E-state index in [9.17, 15) is 4.79 Å². The fourth-order valence-corrected chi connectivity index (χ4v) is 4.24. The van der Waals surface area contributed by atoms with E-state index in [-0.39, 0.29) is 5.91 Å². The Labute approximate surface area is 169 Å². The smallest absolute Gasteiger partial charge is 0.289 e. The van der Waals surface area contributed by atoms with Crippen molar-refractivity contribution in [3.8, 4) is 0 Å². The van der Waals surface area contributed by atoms with Crippen LogP contribution in [0.25, 0.3) is 11.0 Å². The number of para-hydroxylation sites is 1. The lowest BCUT2D eigenvalue weighted by Crippen LogP contribution is -2.31. The van der Waals surface area contributed by atoms with Gasteiger partial charge in [0.2, 0.25) is 0 Å². The van der Waals surface area contributed by atoms with Gasteiger partial charge in [0.1, 0.15) is 0 Å². The van der Waals surface area contributed by atoms with Gasteiger partial charge in [-0.3, -0.25) is 9.78 Å². The number of aromatic nitrogens is 1. The van der Waals surface area contributed by atoms with E-state index in [4.69, 9.17) is 16.0 Å². The lowest BCUT2D eigenvalue weighted by molar-refractivity contribution is 0.0754. The molecule has 3 heterocycles. The molecule has 2 aromatic heterocycles. The predicted octanol–water partition coefficient (Wildman–Crippen LogP) is 4.38. The van der Waals surface area contributed by atoms with Crippen molar-refractivity contribution in [1.82, 2.24) is 14.8 Å². The average Bonchev–Trinajstić information content (AvgIpc) is 3.28. The van der Waals surface area contributed by atoms with E-state index in [1.807, 2.05) is 36.2 Å². The summed E-state index contributed by atoms with van der Waals surface area (Å²) in [6, 6.07) is 9.65. The summed E-state index contributed by atoms with van der Waals surface area (Å²) >= 11 is 6.23. The van der Waals surface area contributed by atoms with Gasteiger partial charge in [0.25, 0.3) is 5.91 Å². The number of furan rings is 1. The summed E-state index contributed by atoms with van der Waals surface area (Å²) in [4.78, 5) is 21.4. The molecule has 1 amide bonds. The summed E-state index contributed by atoms with van der Waals surface area (Å²) < 4.78 is 5.86. The van der Waals surface area contributed by atoms with Crippen LogP contribution in [0, 0.1) is 12.8 Å². The summed E-state index contributed by atoms with van der Waals surface area (Å²) in [5, 5.41) is 1.44. The molecular weight excluding hydrogens is 374 g/mol. The molecule has 0 aliphatic carbocycles. The van der Waals surface area contributed by atoms with Crippen molar-refractivity contribution in [3.05, 3.63) is 64.6 Å². The number of rotatable bonds is 5. The Morgan fingerprint density at radius 2 is 2.21 bits per heavy atom. The minimum Gasteiger partial charge on any atom is -0.449 e. The molecule has 1 aromatic carbocycles. The number of likely N-dealkylation sites (tertiary alicyclic amines) is 1. The largest absolute Gasteiger partial charge is 0.449 e. The number of aryl methyl sites for hydroxylation is 1. The topological polar surface area (TPSA) is 49.6 Å². The van der Waals surface area contributed by atoms with Gasteiger partial charge in [0.05, 0.1) is 5.02 Å². The monoisotopic (exact) mass is 397 g/mol. The summed E-state index contributed by atoms with van der Waals surface area (Å²) in [7, 11) is 2.11. The normalized spacial score (nSPS) is 17.0. The first kappa shape index (κ1) is 19.0. The summed E-state index contributed by atoms with van der Waals surface area (Å²) in [5.74, 6) is 0.827. The molecule has 1 aliphatic heterocycles. The Bertz CT molecular complexity index is 986. The maximum Gasteiger partial charge on any atom is 0.289 e. The third kappa shape index (κ3) is 3.77. The number of fused-ring (bicyclic) bond motifs is 1. The van der Waals surface area contributed by atoms with Gasteiger partial charge in [0, 0.05) is 49.5 Å². The quantitative estimate of drug-likeness (QED) is 0.640. The molecule has 1 unspecified atom stereocenters. The molecule has 146 valence electrons. The van der Waals surface area contributed by atoms with Crippen LogP contribution in [0.15, 0.2) is 47.1 Å². The SMILES string of the molecule is Cc1c(C(=O)N2CCC(CN(C)Cc3cccnc3)C2)oc2c(Cl)cccc12. The molecule has 0 N–H and O–H groups in total. The zero-order valence-corrected chi connectivity index (χ0v) is 16.9. The third-order valence-electron chi connectivity index (χ3n) is 5.43. The first-order chi connectivity index (χ1) is 13.5. The molecule has 0 bridgehead atoms.